The highest BCUT2D eigenvalue weighted by atomic mass is 16.5. The summed E-state index contributed by atoms with van der Waals surface area (Å²) in [6.45, 7) is 5.74. The van der Waals surface area contributed by atoms with Gasteiger partial charge in [-0.25, -0.2) is 0 Å². The van der Waals surface area contributed by atoms with Crippen molar-refractivity contribution in [1.29, 1.82) is 0 Å². The first kappa shape index (κ1) is 24.7. The molecule has 0 aliphatic heterocycles. The lowest BCUT2D eigenvalue weighted by atomic mass is 9.92. The maximum absolute atomic E-state index is 9.19. The Morgan fingerprint density at radius 3 is 2.21 bits per heavy atom. The second kappa shape index (κ2) is 12.9. The Balaban J connectivity index is 0.000000231. The fourth-order valence-electron chi connectivity index (χ4n) is 4.00. The molecule has 0 radical (unpaired) electrons. The number of aromatic hydroxyl groups is 1. The van der Waals surface area contributed by atoms with Crippen molar-refractivity contribution in [1.82, 2.24) is 4.90 Å². The third-order valence-corrected chi connectivity index (χ3v) is 5.94. The van der Waals surface area contributed by atoms with Gasteiger partial charge in [-0.05, 0) is 99.8 Å². The number of ether oxygens (including phenoxy) is 1. The van der Waals surface area contributed by atoms with Crippen molar-refractivity contribution in [2.75, 3.05) is 38.7 Å². The van der Waals surface area contributed by atoms with Crippen molar-refractivity contribution in [2.45, 2.75) is 39.2 Å². The van der Waals surface area contributed by atoms with Crippen LogP contribution in [0.4, 0.5) is 5.69 Å². The number of hydrogen-bond donors (Lipinski definition) is 1. The number of anilines is 1. The standard InChI is InChI=1S/C19H26N2O.C10H12O/c1-4-21(18-8-6-5-7-9-18)16-17-10-12-19(13-11-17)22-15-14-20(2)3;11-10-6-5-8-3-1-2-4-9(8)7-10/h5-13H,4,14-16H2,1-3H3;5-7,11H,1-4H2. The molecular weight excluding hydrogens is 408 g/mol. The van der Waals surface area contributed by atoms with Crippen LogP contribution in [0.15, 0.2) is 72.8 Å². The molecule has 1 aliphatic carbocycles. The maximum atomic E-state index is 9.19. The van der Waals surface area contributed by atoms with Crippen LogP contribution in [0.3, 0.4) is 0 Å². The van der Waals surface area contributed by atoms with Crippen LogP contribution in [0.25, 0.3) is 0 Å². The Morgan fingerprint density at radius 2 is 1.55 bits per heavy atom. The van der Waals surface area contributed by atoms with Crippen LogP contribution in [0, 0.1) is 0 Å². The predicted octanol–water partition coefficient (Wildman–Crippen LogP) is 5.92. The van der Waals surface area contributed by atoms with E-state index in [0.29, 0.717) is 5.75 Å². The number of para-hydroxylation sites is 1. The third-order valence-electron chi connectivity index (χ3n) is 5.94. The molecule has 3 aromatic carbocycles. The van der Waals surface area contributed by atoms with E-state index in [1.807, 2.05) is 12.1 Å². The number of nitrogens with zero attached hydrogens (tertiary/aromatic N) is 2. The normalized spacial score (nSPS) is 12.5. The minimum Gasteiger partial charge on any atom is -0.508 e. The van der Waals surface area contributed by atoms with Crippen molar-refractivity contribution in [3.05, 3.63) is 89.5 Å². The summed E-state index contributed by atoms with van der Waals surface area (Å²) in [5, 5.41) is 9.19. The lowest BCUT2D eigenvalue weighted by molar-refractivity contribution is 0.261. The molecule has 0 saturated carbocycles. The third kappa shape index (κ3) is 8.14. The zero-order valence-corrected chi connectivity index (χ0v) is 20.3. The van der Waals surface area contributed by atoms with Crippen molar-refractivity contribution in [3.63, 3.8) is 0 Å². The Morgan fingerprint density at radius 1 is 0.848 bits per heavy atom. The molecule has 0 bridgehead atoms. The van der Waals surface area contributed by atoms with Gasteiger partial charge in [0.15, 0.2) is 0 Å². The zero-order chi connectivity index (χ0) is 23.5. The first-order valence-corrected chi connectivity index (χ1v) is 12.0. The van der Waals surface area contributed by atoms with E-state index in [1.54, 1.807) is 6.07 Å². The summed E-state index contributed by atoms with van der Waals surface area (Å²) in [5.74, 6) is 1.35. The highest BCUT2D eigenvalue weighted by Crippen LogP contribution is 2.24. The molecule has 0 atom stereocenters. The fourth-order valence-corrected chi connectivity index (χ4v) is 4.00. The molecule has 3 aromatic rings. The van der Waals surface area contributed by atoms with E-state index in [-0.39, 0.29) is 0 Å². The average molecular weight is 447 g/mol. The first-order chi connectivity index (χ1) is 16.0. The molecule has 0 saturated heterocycles. The van der Waals surface area contributed by atoms with Crippen molar-refractivity contribution in [3.8, 4) is 11.5 Å². The summed E-state index contributed by atoms with van der Waals surface area (Å²) in [5.41, 5.74) is 5.33. The number of fused-ring (bicyclic) bond motifs is 1. The van der Waals surface area contributed by atoms with Crippen LogP contribution in [-0.2, 0) is 19.4 Å². The Hall–Kier alpha value is -2.98. The fraction of sp³-hybridized carbons (Fsp3) is 0.379. The van der Waals surface area contributed by atoms with Crippen molar-refractivity contribution in [2.24, 2.45) is 0 Å². The molecule has 1 aliphatic rings. The molecule has 4 heteroatoms. The van der Waals surface area contributed by atoms with Gasteiger partial charge in [-0.3, -0.25) is 0 Å². The van der Waals surface area contributed by atoms with Crippen LogP contribution in [0.2, 0.25) is 0 Å². The van der Waals surface area contributed by atoms with Crippen LogP contribution in [0.1, 0.15) is 36.5 Å². The smallest absolute Gasteiger partial charge is 0.119 e. The summed E-state index contributed by atoms with van der Waals surface area (Å²) in [6, 6.07) is 24.7. The molecule has 4 rings (SSSR count). The first-order valence-electron chi connectivity index (χ1n) is 12.0. The highest BCUT2D eigenvalue weighted by molar-refractivity contribution is 5.46. The van der Waals surface area contributed by atoms with Crippen molar-refractivity contribution >= 4 is 5.69 Å². The number of phenolic OH excluding ortho intramolecular Hbond substituents is 1. The van der Waals surface area contributed by atoms with Gasteiger partial charge in [0.2, 0.25) is 0 Å². The summed E-state index contributed by atoms with van der Waals surface area (Å²) in [6.07, 6.45) is 4.91. The van der Waals surface area contributed by atoms with E-state index >= 15 is 0 Å². The molecule has 1 N–H and O–H groups in total. The van der Waals surface area contributed by atoms with Gasteiger partial charge in [0, 0.05) is 25.3 Å². The molecule has 0 unspecified atom stereocenters. The maximum Gasteiger partial charge on any atom is 0.119 e. The Bertz CT molecular complexity index is 955. The predicted molar refractivity (Wildman–Crippen MR) is 138 cm³/mol. The van der Waals surface area contributed by atoms with Crippen LogP contribution in [-0.4, -0.2) is 43.8 Å². The zero-order valence-electron chi connectivity index (χ0n) is 20.3. The van der Waals surface area contributed by atoms with Crippen LogP contribution in [0.5, 0.6) is 11.5 Å². The summed E-state index contributed by atoms with van der Waals surface area (Å²) in [4.78, 5) is 4.48. The molecule has 176 valence electrons. The number of benzene rings is 3. The second-order valence-corrected chi connectivity index (χ2v) is 8.81. The number of rotatable bonds is 8. The lowest BCUT2D eigenvalue weighted by Crippen LogP contribution is -2.21. The van der Waals surface area contributed by atoms with Gasteiger partial charge in [0.25, 0.3) is 0 Å². The van der Waals surface area contributed by atoms with Gasteiger partial charge < -0.3 is 19.6 Å². The molecule has 33 heavy (non-hydrogen) atoms. The molecular formula is C29H38N2O2. The molecule has 0 aromatic heterocycles. The quantitative estimate of drug-likeness (QED) is 0.466. The second-order valence-electron chi connectivity index (χ2n) is 8.81. The van der Waals surface area contributed by atoms with Gasteiger partial charge in [-0.15, -0.1) is 0 Å². The summed E-state index contributed by atoms with van der Waals surface area (Å²) < 4.78 is 5.73. The molecule has 0 heterocycles. The lowest BCUT2D eigenvalue weighted by Gasteiger charge is -2.23. The Labute approximate surface area is 199 Å². The SMILES string of the molecule is CCN(Cc1ccc(OCCN(C)C)cc1)c1ccccc1.Oc1ccc2c(c1)CCCC2. The average Bonchev–Trinajstić information content (AvgIpc) is 2.84. The molecule has 0 spiro atoms. The van der Waals surface area contributed by atoms with Gasteiger partial charge in [0.1, 0.15) is 18.1 Å². The van der Waals surface area contributed by atoms with E-state index < -0.39 is 0 Å². The number of phenols is 1. The summed E-state index contributed by atoms with van der Waals surface area (Å²) in [7, 11) is 4.10. The number of likely N-dealkylation sites (N-methyl/N-ethyl adjacent to an activating group) is 1. The molecule has 0 amide bonds. The number of aryl methyl sites for hydroxylation is 2. The van der Waals surface area contributed by atoms with Crippen molar-refractivity contribution < 1.29 is 9.84 Å². The van der Waals surface area contributed by atoms with E-state index in [0.717, 1.165) is 38.4 Å². The van der Waals surface area contributed by atoms with E-state index in [2.05, 4.69) is 85.4 Å². The van der Waals surface area contributed by atoms with Gasteiger partial charge >= 0.3 is 0 Å². The largest absolute Gasteiger partial charge is 0.508 e. The minimum absolute atomic E-state index is 0.408. The monoisotopic (exact) mass is 446 g/mol. The Kier molecular flexibility index (Phi) is 9.64. The van der Waals surface area contributed by atoms with Crippen LogP contribution >= 0.6 is 0 Å². The van der Waals surface area contributed by atoms with Gasteiger partial charge in [-0.1, -0.05) is 36.4 Å². The molecule has 0 fully saturated rings. The topological polar surface area (TPSA) is 35.9 Å². The van der Waals surface area contributed by atoms with E-state index in [4.69, 9.17) is 4.74 Å². The summed E-state index contributed by atoms with van der Waals surface area (Å²) >= 11 is 0. The van der Waals surface area contributed by atoms with Gasteiger partial charge in [-0.2, -0.15) is 0 Å². The van der Waals surface area contributed by atoms with Gasteiger partial charge in [0.05, 0.1) is 0 Å². The van der Waals surface area contributed by atoms with Crippen LogP contribution < -0.4 is 9.64 Å². The minimum atomic E-state index is 0.408. The highest BCUT2D eigenvalue weighted by Gasteiger charge is 2.08. The molecule has 4 nitrogen and oxygen atoms in total. The van der Waals surface area contributed by atoms with E-state index in [9.17, 15) is 5.11 Å². The number of hydrogen-bond acceptors (Lipinski definition) is 4. The van der Waals surface area contributed by atoms with E-state index in [1.165, 1.54) is 41.6 Å².